The third-order valence-electron chi connectivity index (χ3n) is 5.95. The van der Waals surface area contributed by atoms with Gasteiger partial charge in [0.2, 0.25) is 0 Å². The van der Waals surface area contributed by atoms with Gasteiger partial charge < -0.3 is 23.9 Å². The van der Waals surface area contributed by atoms with E-state index in [1.165, 1.54) is 14.0 Å². The van der Waals surface area contributed by atoms with Gasteiger partial charge in [0.05, 0.1) is 12.8 Å². The van der Waals surface area contributed by atoms with E-state index in [0.717, 1.165) is 27.5 Å². The Morgan fingerprint density at radius 3 is 2.30 bits per heavy atom. The van der Waals surface area contributed by atoms with Crippen LogP contribution in [0.4, 0.5) is 5.69 Å². The van der Waals surface area contributed by atoms with E-state index in [1.54, 1.807) is 18.2 Å². The van der Waals surface area contributed by atoms with Gasteiger partial charge in [0.15, 0.2) is 12.7 Å². The molecule has 0 aliphatic carbocycles. The summed E-state index contributed by atoms with van der Waals surface area (Å²) in [6.45, 7) is 1.17. The Bertz CT molecular complexity index is 1560. The van der Waals surface area contributed by atoms with E-state index in [1.807, 2.05) is 72.8 Å². The third-order valence-corrected chi connectivity index (χ3v) is 5.95. The molecular formula is C30H25NO6. The molecule has 0 fully saturated rings. The lowest BCUT2D eigenvalue weighted by molar-refractivity contribution is -0.155. The smallest absolute Gasteiger partial charge is 0.344 e. The lowest BCUT2D eigenvalue weighted by atomic mass is 10.1. The number of amides is 1. The largest absolute Gasteiger partial charge is 0.495 e. The van der Waals surface area contributed by atoms with Crippen LogP contribution in [0.3, 0.4) is 0 Å². The Labute approximate surface area is 213 Å². The topological polar surface area (TPSA) is 87.0 Å². The molecule has 0 unspecified atom stereocenters. The van der Waals surface area contributed by atoms with E-state index in [9.17, 15) is 9.59 Å². The number of esters is 1. The van der Waals surface area contributed by atoms with Gasteiger partial charge in [-0.15, -0.1) is 0 Å². The van der Waals surface area contributed by atoms with Crippen molar-refractivity contribution >= 4 is 39.5 Å². The summed E-state index contributed by atoms with van der Waals surface area (Å²) in [7, 11) is 1.52. The standard InChI is InChI=1S/C30H25NO6/c1-19(36-29(32)18-35-22-14-12-21(13-15-22)20-8-4-3-5-9-20)30(33)31-25-17-27-24(16-28(25)34-2)23-10-6-7-11-26(23)37-27/h3-17,19H,18H2,1-2H3,(H,31,33)/t19-/m1/s1. The Morgan fingerprint density at radius 2 is 1.54 bits per heavy atom. The second kappa shape index (κ2) is 10.5. The van der Waals surface area contributed by atoms with Gasteiger partial charge in [-0.05, 0) is 42.3 Å². The summed E-state index contributed by atoms with van der Waals surface area (Å²) in [6.07, 6.45) is -1.05. The van der Waals surface area contributed by atoms with Crippen LogP contribution in [0.25, 0.3) is 33.1 Å². The second-order valence-electron chi connectivity index (χ2n) is 8.45. The number of rotatable bonds is 8. The fourth-order valence-electron chi connectivity index (χ4n) is 4.05. The van der Waals surface area contributed by atoms with E-state index in [-0.39, 0.29) is 6.61 Å². The normalized spacial score (nSPS) is 11.7. The van der Waals surface area contributed by atoms with Crippen LogP contribution in [0.1, 0.15) is 6.92 Å². The summed E-state index contributed by atoms with van der Waals surface area (Å²) in [6, 6.07) is 28.5. The quantitative estimate of drug-likeness (QED) is 0.258. The van der Waals surface area contributed by atoms with E-state index in [2.05, 4.69) is 5.32 Å². The Morgan fingerprint density at radius 1 is 0.838 bits per heavy atom. The number of benzene rings is 4. The molecule has 7 heteroatoms. The minimum atomic E-state index is -1.05. The molecule has 0 bridgehead atoms. The molecule has 0 saturated heterocycles. The Balaban J connectivity index is 1.19. The molecule has 1 aromatic heterocycles. The number of hydrogen-bond acceptors (Lipinski definition) is 6. The van der Waals surface area contributed by atoms with Crippen molar-refractivity contribution in [2.45, 2.75) is 13.0 Å². The number of ether oxygens (including phenoxy) is 3. The average Bonchev–Trinajstić information content (AvgIpc) is 3.29. The predicted octanol–water partition coefficient (Wildman–Crippen LogP) is 6.21. The zero-order valence-electron chi connectivity index (χ0n) is 20.4. The van der Waals surface area contributed by atoms with E-state index in [0.29, 0.717) is 22.8 Å². The first-order valence-electron chi connectivity index (χ1n) is 11.8. The number of para-hydroxylation sites is 1. The molecular weight excluding hydrogens is 470 g/mol. The Hall–Kier alpha value is -4.78. The van der Waals surface area contributed by atoms with Crippen LogP contribution in [0, 0.1) is 0 Å². The summed E-state index contributed by atoms with van der Waals surface area (Å²) < 4.78 is 22.2. The average molecular weight is 496 g/mol. The Kier molecular flexibility index (Phi) is 6.76. The first-order chi connectivity index (χ1) is 18.0. The molecule has 4 aromatic carbocycles. The maximum absolute atomic E-state index is 12.8. The van der Waals surface area contributed by atoms with Crippen molar-refractivity contribution in [3.05, 3.63) is 91.0 Å². The zero-order chi connectivity index (χ0) is 25.8. The van der Waals surface area contributed by atoms with Gasteiger partial charge in [0, 0.05) is 16.8 Å². The minimum absolute atomic E-state index is 0.323. The second-order valence-corrected chi connectivity index (χ2v) is 8.45. The molecule has 0 radical (unpaired) electrons. The number of fused-ring (bicyclic) bond motifs is 3. The highest BCUT2D eigenvalue weighted by Gasteiger charge is 2.21. The van der Waals surface area contributed by atoms with Gasteiger partial charge in [-0.2, -0.15) is 0 Å². The first kappa shape index (κ1) is 23.9. The number of hydrogen-bond donors (Lipinski definition) is 1. The van der Waals surface area contributed by atoms with Crippen LogP contribution < -0.4 is 14.8 Å². The monoisotopic (exact) mass is 495 g/mol. The van der Waals surface area contributed by atoms with Crippen LogP contribution in [0.15, 0.2) is 95.4 Å². The molecule has 0 spiro atoms. The van der Waals surface area contributed by atoms with E-state index < -0.39 is 18.0 Å². The lowest BCUT2D eigenvalue weighted by Crippen LogP contribution is -2.31. The summed E-state index contributed by atoms with van der Waals surface area (Å²) >= 11 is 0. The fourth-order valence-corrected chi connectivity index (χ4v) is 4.05. The minimum Gasteiger partial charge on any atom is -0.495 e. The van der Waals surface area contributed by atoms with Crippen LogP contribution >= 0.6 is 0 Å². The van der Waals surface area contributed by atoms with E-state index in [4.69, 9.17) is 18.6 Å². The summed E-state index contributed by atoms with van der Waals surface area (Å²) in [4.78, 5) is 25.1. The number of methoxy groups -OCH3 is 1. The van der Waals surface area contributed by atoms with Crippen molar-refractivity contribution in [3.8, 4) is 22.6 Å². The number of carbonyl (C=O) groups is 2. The number of carbonyl (C=O) groups excluding carboxylic acids is 2. The van der Waals surface area contributed by atoms with E-state index >= 15 is 0 Å². The molecule has 1 N–H and O–H groups in total. The maximum Gasteiger partial charge on any atom is 0.344 e. The molecule has 186 valence electrons. The van der Waals surface area contributed by atoms with Crippen LogP contribution in [-0.4, -0.2) is 31.7 Å². The molecule has 0 saturated carbocycles. The number of anilines is 1. The molecule has 0 aliphatic rings. The van der Waals surface area contributed by atoms with Crippen molar-refractivity contribution in [2.75, 3.05) is 19.0 Å². The van der Waals surface area contributed by atoms with Crippen LogP contribution in [0.5, 0.6) is 11.5 Å². The third kappa shape index (κ3) is 5.26. The molecule has 0 aliphatic heterocycles. The van der Waals surface area contributed by atoms with Crippen LogP contribution in [-0.2, 0) is 14.3 Å². The van der Waals surface area contributed by atoms with Crippen molar-refractivity contribution in [1.82, 2.24) is 0 Å². The van der Waals surface area contributed by atoms with Crippen molar-refractivity contribution in [3.63, 3.8) is 0 Å². The first-order valence-corrected chi connectivity index (χ1v) is 11.8. The van der Waals surface area contributed by atoms with Crippen molar-refractivity contribution in [2.24, 2.45) is 0 Å². The molecule has 7 nitrogen and oxygen atoms in total. The summed E-state index contributed by atoms with van der Waals surface area (Å²) in [5.41, 5.74) is 3.88. The molecule has 5 aromatic rings. The lowest BCUT2D eigenvalue weighted by Gasteiger charge is -2.15. The highest BCUT2D eigenvalue weighted by molar-refractivity contribution is 6.08. The molecule has 5 rings (SSSR count). The van der Waals surface area contributed by atoms with Crippen molar-refractivity contribution in [1.29, 1.82) is 0 Å². The predicted molar refractivity (Wildman–Crippen MR) is 142 cm³/mol. The van der Waals surface area contributed by atoms with Gasteiger partial charge in [-0.3, -0.25) is 4.79 Å². The van der Waals surface area contributed by atoms with Gasteiger partial charge in [0.25, 0.3) is 5.91 Å². The van der Waals surface area contributed by atoms with Gasteiger partial charge in [-0.25, -0.2) is 4.79 Å². The number of nitrogens with one attached hydrogen (secondary N) is 1. The van der Waals surface area contributed by atoms with Gasteiger partial charge in [-0.1, -0.05) is 60.7 Å². The molecule has 1 atom stereocenters. The van der Waals surface area contributed by atoms with Crippen molar-refractivity contribution < 1.29 is 28.2 Å². The summed E-state index contributed by atoms with van der Waals surface area (Å²) in [5.74, 6) is -0.172. The fraction of sp³-hybridized carbons (Fsp3) is 0.133. The molecule has 1 heterocycles. The van der Waals surface area contributed by atoms with Gasteiger partial charge in [0.1, 0.15) is 22.7 Å². The van der Waals surface area contributed by atoms with Crippen LogP contribution in [0.2, 0.25) is 0 Å². The highest BCUT2D eigenvalue weighted by Crippen LogP contribution is 2.36. The maximum atomic E-state index is 12.8. The molecule has 1 amide bonds. The molecule has 37 heavy (non-hydrogen) atoms. The zero-order valence-corrected chi connectivity index (χ0v) is 20.4. The number of furan rings is 1. The highest BCUT2D eigenvalue weighted by atomic mass is 16.6. The summed E-state index contributed by atoms with van der Waals surface area (Å²) in [5, 5.41) is 4.58. The SMILES string of the molecule is COc1cc2c(cc1NC(=O)[C@@H](C)OC(=O)COc1ccc(-c3ccccc3)cc1)oc1ccccc12. The van der Waals surface area contributed by atoms with Gasteiger partial charge >= 0.3 is 5.97 Å².